The zero-order valence-corrected chi connectivity index (χ0v) is 9.37. The van der Waals surface area contributed by atoms with E-state index >= 15 is 0 Å². The molecule has 0 fully saturated rings. The van der Waals surface area contributed by atoms with Gasteiger partial charge in [-0.05, 0) is 24.3 Å². The third-order valence-electron chi connectivity index (χ3n) is 2.68. The number of nitrogens with zero attached hydrogens (tertiary/aromatic N) is 3. The predicted molar refractivity (Wildman–Crippen MR) is 65.0 cm³/mol. The van der Waals surface area contributed by atoms with Crippen molar-refractivity contribution >= 4 is 5.65 Å². The number of hydrogen-bond donors (Lipinski definition) is 0. The highest BCUT2D eigenvalue weighted by Gasteiger charge is 2.09. The fourth-order valence-electron chi connectivity index (χ4n) is 1.91. The SMILES string of the molecule is COc1ccccc1-c1cccc2ncnn12. The second kappa shape index (κ2) is 3.90. The zero-order valence-electron chi connectivity index (χ0n) is 9.37. The Bertz CT molecular complexity index is 660. The van der Waals surface area contributed by atoms with Crippen LogP contribution >= 0.6 is 0 Å². The number of methoxy groups -OCH3 is 1. The molecule has 4 heteroatoms. The number of pyridine rings is 1. The van der Waals surface area contributed by atoms with Gasteiger partial charge in [0, 0.05) is 5.56 Å². The fourth-order valence-corrected chi connectivity index (χ4v) is 1.91. The molecule has 1 aromatic carbocycles. The Hall–Kier alpha value is -2.36. The molecule has 0 saturated heterocycles. The van der Waals surface area contributed by atoms with E-state index in [1.54, 1.807) is 18.0 Å². The molecule has 0 N–H and O–H groups in total. The van der Waals surface area contributed by atoms with Crippen LogP contribution in [0.1, 0.15) is 0 Å². The monoisotopic (exact) mass is 225 g/mol. The van der Waals surface area contributed by atoms with Gasteiger partial charge in [-0.3, -0.25) is 0 Å². The van der Waals surface area contributed by atoms with Gasteiger partial charge in [0.15, 0.2) is 5.65 Å². The summed E-state index contributed by atoms with van der Waals surface area (Å²) in [6.07, 6.45) is 1.55. The summed E-state index contributed by atoms with van der Waals surface area (Å²) in [6.45, 7) is 0. The third-order valence-corrected chi connectivity index (χ3v) is 2.68. The molecule has 0 bridgehead atoms. The molecule has 2 aromatic heterocycles. The maximum atomic E-state index is 5.36. The quantitative estimate of drug-likeness (QED) is 0.672. The predicted octanol–water partition coefficient (Wildman–Crippen LogP) is 2.40. The molecule has 2 heterocycles. The minimum Gasteiger partial charge on any atom is -0.496 e. The van der Waals surface area contributed by atoms with Gasteiger partial charge in [0.05, 0.1) is 12.8 Å². The first-order valence-corrected chi connectivity index (χ1v) is 5.32. The number of hydrogen-bond acceptors (Lipinski definition) is 3. The summed E-state index contributed by atoms with van der Waals surface area (Å²) in [5.41, 5.74) is 2.80. The van der Waals surface area contributed by atoms with Crippen LogP contribution in [0.5, 0.6) is 5.75 Å². The normalized spacial score (nSPS) is 10.6. The van der Waals surface area contributed by atoms with E-state index in [1.807, 2.05) is 42.5 Å². The van der Waals surface area contributed by atoms with Crippen LogP contribution in [0.15, 0.2) is 48.8 Å². The highest BCUT2D eigenvalue weighted by molar-refractivity contribution is 5.69. The third kappa shape index (κ3) is 1.54. The van der Waals surface area contributed by atoms with E-state index in [1.165, 1.54) is 0 Å². The van der Waals surface area contributed by atoms with Crippen LogP contribution in [0.4, 0.5) is 0 Å². The van der Waals surface area contributed by atoms with Crippen LogP contribution in [0.25, 0.3) is 16.9 Å². The van der Waals surface area contributed by atoms with Gasteiger partial charge in [-0.2, -0.15) is 5.10 Å². The van der Waals surface area contributed by atoms with Crippen molar-refractivity contribution in [2.75, 3.05) is 7.11 Å². The molecule has 84 valence electrons. The summed E-state index contributed by atoms with van der Waals surface area (Å²) in [7, 11) is 1.67. The second-order valence-corrected chi connectivity index (χ2v) is 3.64. The summed E-state index contributed by atoms with van der Waals surface area (Å²) in [6, 6.07) is 13.8. The zero-order chi connectivity index (χ0) is 11.7. The summed E-state index contributed by atoms with van der Waals surface area (Å²) in [5.74, 6) is 0.829. The standard InChI is InChI=1S/C13H11N3O/c1-17-12-7-3-2-5-10(12)11-6-4-8-13-14-9-15-16(11)13/h2-9H,1H3. The van der Waals surface area contributed by atoms with Crippen LogP contribution in [-0.4, -0.2) is 21.7 Å². The Morgan fingerprint density at radius 2 is 1.94 bits per heavy atom. The molecule has 0 radical (unpaired) electrons. The van der Waals surface area contributed by atoms with E-state index in [9.17, 15) is 0 Å². The van der Waals surface area contributed by atoms with Crippen molar-refractivity contribution in [1.29, 1.82) is 0 Å². The van der Waals surface area contributed by atoms with Gasteiger partial charge in [-0.15, -0.1) is 0 Å². The van der Waals surface area contributed by atoms with Crippen LogP contribution in [0.3, 0.4) is 0 Å². The lowest BCUT2D eigenvalue weighted by atomic mass is 10.1. The summed E-state index contributed by atoms with van der Waals surface area (Å²) < 4.78 is 7.17. The van der Waals surface area contributed by atoms with Gasteiger partial charge in [0.25, 0.3) is 0 Å². The molecule has 3 rings (SSSR count). The Kier molecular flexibility index (Phi) is 2.26. The summed E-state index contributed by atoms with van der Waals surface area (Å²) >= 11 is 0. The first-order valence-electron chi connectivity index (χ1n) is 5.32. The maximum Gasteiger partial charge on any atom is 0.155 e. The van der Waals surface area contributed by atoms with E-state index in [0.717, 1.165) is 22.7 Å². The van der Waals surface area contributed by atoms with E-state index < -0.39 is 0 Å². The average molecular weight is 225 g/mol. The van der Waals surface area contributed by atoms with Crippen molar-refractivity contribution in [3.63, 3.8) is 0 Å². The molecule has 3 aromatic rings. The van der Waals surface area contributed by atoms with Crippen molar-refractivity contribution in [3.8, 4) is 17.0 Å². The molecule has 17 heavy (non-hydrogen) atoms. The highest BCUT2D eigenvalue weighted by atomic mass is 16.5. The first-order chi connectivity index (χ1) is 8.40. The van der Waals surface area contributed by atoms with Gasteiger partial charge < -0.3 is 4.74 Å². The van der Waals surface area contributed by atoms with Crippen molar-refractivity contribution in [1.82, 2.24) is 14.6 Å². The molecule has 0 amide bonds. The van der Waals surface area contributed by atoms with Crippen molar-refractivity contribution < 1.29 is 4.74 Å². The Morgan fingerprint density at radius 3 is 2.82 bits per heavy atom. The number of ether oxygens (including phenoxy) is 1. The average Bonchev–Trinajstić information content (AvgIpc) is 2.86. The minimum absolute atomic E-state index is 0.827. The lowest BCUT2D eigenvalue weighted by Crippen LogP contribution is -1.95. The molecule has 0 atom stereocenters. The van der Waals surface area contributed by atoms with Gasteiger partial charge in [0.1, 0.15) is 12.1 Å². The minimum atomic E-state index is 0.827. The highest BCUT2D eigenvalue weighted by Crippen LogP contribution is 2.29. The molecule has 0 aliphatic rings. The largest absolute Gasteiger partial charge is 0.496 e. The molecular formula is C13H11N3O. The maximum absolute atomic E-state index is 5.36. The number of rotatable bonds is 2. The van der Waals surface area contributed by atoms with Crippen molar-refractivity contribution in [3.05, 3.63) is 48.8 Å². The van der Waals surface area contributed by atoms with Crippen LogP contribution < -0.4 is 4.74 Å². The van der Waals surface area contributed by atoms with E-state index in [0.29, 0.717) is 0 Å². The van der Waals surface area contributed by atoms with E-state index in [-0.39, 0.29) is 0 Å². The molecule has 4 nitrogen and oxygen atoms in total. The van der Waals surface area contributed by atoms with E-state index in [2.05, 4.69) is 10.1 Å². The molecule has 0 aliphatic heterocycles. The lowest BCUT2D eigenvalue weighted by molar-refractivity contribution is 0.416. The van der Waals surface area contributed by atoms with Gasteiger partial charge in [0.2, 0.25) is 0 Å². The Morgan fingerprint density at radius 1 is 1.06 bits per heavy atom. The molecule has 0 aliphatic carbocycles. The number of para-hydroxylation sites is 1. The van der Waals surface area contributed by atoms with Gasteiger partial charge in [-0.1, -0.05) is 18.2 Å². The van der Waals surface area contributed by atoms with Crippen LogP contribution in [-0.2, 0) is 0 Å². The Balaban J connectivity index is 2.30. The molecular weight excluding hydrogens is 214 g/mol. The number of fused-ring (bicyclic) bond motifs is 1. The topological polar surface area (TPSA) is 39.4 Å². The molecule has 0 saturated carbocycles. The van der Waals surface area contributed by atoms with Gasteiger partial charge in [-0.25, -0.2) is 9.50 Å². The Labute approximate surface area is 98.5 Å². The van der Waals surface area contributed by atoms with Gasteiger partial charge >= 0.3 is 0 Å². The first kappa shape index (κ1) is 9.84. The fraction of sp³-hybridized carbons (Fsp3) is 0.0769. The van der Waals surface area contributed by atoms with E-state index in [4.69, 9.17) is 4.74 Å². The van der Waals surface area contributed by atoms with Crippen LogP contribution in [0.2, 0.25) is 0 Å². The summed E-state index contributed by atoms with van der Waals surface area (Å²) in [4.78, 5) is 4.17. The second-order valence-electron chi connectivity index (χ2n) is 3.64. The number of benzene rings is 1. The van der Waals surface area contributed by atoms with Crippen molar-refractivity contribution in [2.45, 2.75) is 0 Å². The lowest BCUT2D eigenvalue weighted by Gasteiger charge is -2.09. The molecule has 0 spiro atoms. The smallest absolute Gasteiger partial charge is 0.155 e. The summed E-state index contributed by atoms with van der Waals surface area (Å²) in [5, 5.41) is 4.22. The van der Waals surface area contributed by atoms with Crippen LogP contribution in [0, 0.1) is 0 Å². The number of aromatic nitrogens is 3. The molecule has 0 unspecified atom stereocenters. The van der Waals surface area contributed by atoms with Crippen molar-refractivity contribution in [2.24, 2.45) is 0 Å².